The van der Waals surface area contributed by atoms with Gasteiger partial charge in [-0.15, -0.1) is 0 Å². The van der Waals surface area contributed by atoms with Crippen molar-refractivity contribution in [3.63, 3.8) is 0 Å². The van der Waals surface area contributed by atoms with Crippen molar-refractivity contribution in [1.82, 2.24) is 4.98 Å². The lowest BCUT2D eigenvalue weighted by Crippen LogP contribution is -2.26. The Bertz CT molecular complexity index is 293. The highest BCUT2D eigenvalue weighted by Gasteiger charge is 2.24. The zero-order valence-corrected chi connectivity index (χ0v) is 11.3. The predicted octanol–water partition coefficient (Wildman–Crippen LogP) is 3.76. The van der Waals surface area contributed by atoms with Crippen LogP contribution in [0.1, 0.15) is 57.9 Å². The standard InChI is InChI=1S/C15H25NO/c1-4-6-14(7-5-2)15(17)12(3)13-8-10-16-11-9-13/h8-12,14-15,17H,4-7H2,1-3H3. The summed E-state index contributed by atoms with van der Waals surface area (Å²) in [5.41, 5.74) is 1.18. The maximum absolute atomic E-state index is 10.5. The first-order valence-electron chi connectivity index (χ1n) is 6.78. The van der Waals surface area contributed by atoms with Crippen molar-refractivity contribution in [3.05, 3.63) is 30.1 Å². The van der Waals surface area contributed by atoms with Gasteiger partial charge in [0, 0.05) is 18.3 Å². The van der Waals surface area contributed by atoms with Crippen molar-refractivity contribution in [2.45, 2.75) is 58.5 Å². The van der Waals surface area contributed by atoms with Gasteiger partial charge >= 0.3 is 0 Å². The number of hydrogen-bond donors (Lipinski definition) is 1. The second-order valence-electron chi connectivity index (χ2n) is 4.90. The molecule has 0 aliphatic rings. The number of pyridine rings is 1. The molecule has 0 spiro atoms. The molecule has 0 aromatic carbocycles. The fourth-order valence-electron chi connectivity index (χ4n) is 2.50. The summed E-state index contributed by atoms with van der Waals surface area (Å²) in [6.07, 6.45) is 7.88. The lowest BCUT2D eigenvalue weighted by Gasteiger charge is -2.27. The number of hydrogen-bond acceptors (Lipinski definition) is 2. The Labute approximate surface area is 105 Å². The lowest BCUT2D eigenvalue weighted by molar-refractivity contribution is 0.0751. The molecule has 96 valence electrons. The molecule has 0 fully saturated rings. The molecule has 0 aliphatic heterocycles. The van der Waals surface area contributed by atoms with Crippen LogP contribution in [0.2, 0.25) is 0 Å². The average molecular weight is 235 g/mol. The predicted molar refractivity (Wildman–Crippen MR) is 72.0 cm³/mol. The lowest BCUT2D eigenvalue weighted by atomic mass is 9.83. The van der Waals surface area contributed by atoms with Gasteiger partial charge in [0.15, 0.2) is 0 Å². The summed E-state index contributed by atoms with van der Waals surface area (Å²) in [5, 5.41) is 10.5. The molecule has 0 saturated carbocycles. The summed E-state index contributed by atoms with van der Waals surface area (Å²) < 4.78 is 0. The van der Waals surface area contributed by atoms with Crippen LogP contribution in [0.25, 0.3) is 0 Å². The summed E-state index contributed by atoms with van der Waals surface area (Å²) >= 11 is 0. The zero-order chi connectivity index (χ0) is 12.7. The van der Waals surface area contributed by atoms with Crippen LogP contribution in [-0.4, -0.2) is 16.2 Å². The maximum atomic E-state index is 10.5. The van der Waals surface area contributed by atoms with E-state index in [2.05, 4.69) is 25.8 Å². The van der Waals surface area contributed by atoms with E-state index in [4.69, 9.17) is 0 Å². The Kier molecular flexibility index (Phi) is 6.20. The van der Waals surface area contributed by atoms with E-state index >= 15 is 0 Å². The topological polar surface area (TPSA) is 33.1 Å². The van der Waals surface area contributed by atoms with Crippen molar-refractivity contribution < 1.29 is 5.11 Å². The van der Waals surface area contributed by atoms with E-state index in [1.165, 1.54) is 5.56 Å². The van der Waals surface area contributed by atoms with Gasteiger partial charge < -0.3 is 5.11 Å². The highest BCUT2D eigenvalue weighted by molar-refractivity contribution is 5.16. The number of aromatic nitrogens is 1. The van der Waals surface area contributed by atoms with Gasteiger partial charge in [-0.05, 0) is 36.5 Å². The molecule has 0 saturated heterocycles. The van der Waals surface area contributed by atoms with Crippen LogP contribution in [-0.2, 0) is 0 Å². The van der Waals surface area contributed by atoms with Gasteiger partial charge in [0.25, 0.3) is 0 Å². The average Bonchev–Trinajstić information content (AvgIpc) is 2.38. The molecule has 2 heteroatoms. The molecule has 0 bridgehead atoms. The Morgan fingerprint density at radius 2 is 1.65 bits per heavy atom. The number of aliphatic hydroxyl groups is 1. The van der Waals surface area contributed by atoms with Crippen LogP contribution in [0.5, 0.6) is 0 Å². The van der Waals surface area contributed by atoms with Gasteiger partial charge in [-0.25, -0.2) is 0 Å². The van der Waals surface area contributed by atoms with Crippen LogP contribution < -0.4 is 0 Å². The van der Waals surface area contributed by atoms with E-state index in [0.717, 1.165) is 25.7 Å². The van der Waals surface area contributed by atoms with Crippen molar-refractivity contribution >= 4 is 0 Å². The molecule has 0 aliphatic carbocycles. The van der Waals surface area contributed by atoms with Crippen molar-refractivity contribution in [1.29, 1.82) is 0 Å². The van der Waals surface area contributed by atoms with E-state index in [1.807, 2.05) is 12.1 Å². The number of aliphatic hydroxyl groups excluding tert-OH is 1. The highest BCUT2D eigenvalue weighted by atomic mass is 16.3. The van der Waals surface area contributed by atoms with Crippen molar-refractivity contribution in [3.8, 4) is 0 Å². The third-order valence-corrected chi connectivity index (χ3v) is 3.55. The minimum absolute atomic E-state index is 0.195. The second-order valence-corrected chi connectivity index (χ2v) is 4.90. The van der Waals surface area contributed by atoms with Crippen LogP contribution in [0.4, 0.5) is 0 Å². The normalized spacial score (nSPS) is 14.9. The molecule has 1 rings (SSSR count). The van der Waals surface area contributed by atoms with Gasteiger partial charge in [0.05, 0.1) is 6.10 Å². The monoisotopic (exact) mass is 235 g/mol. The molecule has 2 atom stereocenters. The fraction of sp³-hybridized carbons (Fsp3) is 0.667. The SMILES string of the molecule is CCCC(CCC)C(O)C(C)c1ccncc1. The zero-order valence-electron chi connectivity index (χ0n) is 11.3. The maximum Gasteiger partial charge on any atom is 0.0634 e. The van der Waals surface area contributed by atoms with Gasteiger partial charge in [-0.2, -0.15) is 0 Å². The first-order valence-corrected chi connectivity index (χ1v) is 6.78. The Morgan fingerprint density at radius 3 is 2.12 bits per heavy atom. The van der Waals surface area contributed by atoms with Gasteiger partial charge in [0.1, 0.15) is 0 Å². The van der Waals surface area contributed by atoms with Crippen molar-refractivity contribution in [2.75, 3.05) is 0 Å². The Balaban J connectivity index is 2.69. The molecule has 1 aromatic rings. The molecular weight excluding hydrogens is 210 g/mol. The smallest absolute Gasteiger partial charge is 0.0634 e. The molecule has 1 N–H and O–H groups in total. The molecule has 1 heterocycles. The van der Waals surface area contributed by atoms with E-state index < -0.39 is 0 Å². The summed E-state index contributed by atoms with van der Waals surface area (Å²) in [6.45, 7) is 6.48. The molecule has 0 amide bonds. The van der Waals surface area contributed by atoms with E-state index in [0.29, 0.717) is 5.92 Å². The number of nitrogens with zero attached hydrogens (tertiary/aromatic N) is 1. The number of rotatable bonds is 7. The Morgan fingerprint density at radius 1 is 1.12 bits per heavy atom. The molecule has 2 nitrogen and oxygen atoms in total. The summed E-state index contributed by atoms with van der Waals surface area (Å²) in [6, 6.07) is 4.01. The fourth-order valence-corrected chi connectivity index (χ4v) is 2.50. The first kappa shape index (κ1) is 14.2. The Hall–Kier alpha value is -0.890. The van der Waals surface area contributed by atoms with Gasteiger partial charge in [-0.1, -0.05) is 33.6 Å². The van der Waals surface area contributed by atoms with Crippen LogP contribution >= 0.6 is 0 Å². The minimum atomic E-state index is -0.239. The first-order chi connectivity index (χ1) is 8.20. The van der Waals surface area contributed by atoms with E-state index in [9.17, 15) is 5.11 Å². The van der Waals surface area contributed by atoms with Crippen LogP contribution in [0.15, 0.2) is 24.5 Å². The van der Waals surface area contributed by atoms with E-state index in [1.54, 1.807) is 12.4 Å². The third-order valence-electron chi connectivity index (χ3n) is 3.55. The summed E-state index contributed by atoms with van der Waals surface area (Å²) in [5.74, 6) is 0.620. The minimum Gasteiger partial charge on any atom is -0.392 e. The molecule has 17 heavy (non-hydrogen) atoms. The second kappa shape index (κ2) is 7.44. The van der Waals surface area contributed by atoms with Crippen LogP contribution in [0, 0.1) is 5.92 Å². The molecule has 2 unspecified atom stereocenters. The van der Waals surface area contributed by atoms with Gasteiger partial charge in [0.2, 0.25) is 0 Å². The molecule has 1 aromatic heterocycles. The largest absolute Gasteiger partial charge is 0.392 e. The van der Waals surface area contributed by atoms with E-state index in [-0.39, 0.29) is 12.0 Å². The summed E-state index contributed by atoms with van der Waals surface area (Å²) in [4.78, 5) is 4.02. The third kappa shape index (κ3) is 4.12. The molecular formula is C15H25NO. The van der Waals surface area contributed by atoms with Gasteiger partial charge in [-0.3, -0.25) is 4.98 Å². The highest BCUT2D eigenvalue weighted by Crippen LogP contribution is 2.28. The molecule has 0 radical (unpaired) electrons. The quantitative estimate of drug-likeness (QED) is 0.780. The summed E-state index contributed by atoms with van der Waals surface area (Å²) in [7, 11) is 0. The van der Waals surface area contributed by atoms with Crippen molar-refractivity contribution in [2.24, 2.45) is 5.92 Å². The van der Waals surface area contributed by atoms with Crippen LogP contribution in [0.3, 0.4) is 0 Å².